The Morgan fingerprint density at radius 2 is 1.55 bits per heavy atom. The maximum atomic E-state index is 11.8. The van der Waals surface area contributed by atoms with Crippen molar-refractivity contribution in [3.8, 4) is 0 Å². The van der Waals surface area contributed by atoms with Gasteiger partial charge in [0.25, 0.3) is 0 Å². The molecule has 1 saturated heterocycles. The van der Waals surface area contributed by atoms with Crippen molar-refractivity contribution in [3.63, 3.8) is 0 Å². The molecular weight excluding hydrogens is 360 g/mol. The SMILES string of the molecule is CCOC(=O)c1ccc(N2CCN(C3CCC(c4ccccc4)CC3)CC2)cc1. The molecule has 1 aliphatic heterocycles. The molecule has 2 aromatic rings. The fourth-order valence-electron chi connectivity index (χ4n) is 4.87. The highest BCUT2D eigenvalue weighted by Crippen LogP contribution is 2.35. The molecule has 4 rings (SSSR count). The van der Waals surface area contributed by atoms with Crippen LogP contribution in [0.1, 0.15) is 54.4 Å². The number of benzene rings is 2. The first-order chi connectivity index (χ1) is 14.2. The highest BCUT2D eigenvalue weighted by atomic mass is 16.5. The van der Waals surface area contributed by atoms with Crippen LogP contribution in [0.2, 0.25) is 0 Å². The van der Waals surface area contributed by atoms with Crippen LogP contribution in [0.5, 0.6) is 0 Å². The van der Waals surface area contributed by atoms with Gasteiger partial charge in [0, 0.05) is 37.9 Å². The molecule has 0 spiro atoms. The molecule has 0 amide bonds. The predicted molar refractivity (Wildman–Crippen MR) is 118 cm³/mol. The van der Waals surface area contributed by atoms with E-state index < -0.39 is 0 Å². The molecule has 0 aromatic heterocycles. The molecule has 1 aliphatic carbocycles. The molecule has 4 nitrogen and oxygen atoms in total. The normalized spacial score (nSPS) is 23.0. The number of ether oxygens (including phenoxy) is 1. The van der Waals surface area contributed by atoms with Gasteiger partial charge in [0.05, 0.1) is 12.2 Å². The quantitative estimate of drug-likeness (QED) is 0.690. The van der Waals surface area contributed by atoms with E-state index in [0.717, 1.165) is 38.1 Å². The minimum atomic E-state index is -0.241. The van der Waals surface area contributed by atoms with Crippen LogP contribution in [0.3, 0.4) is 0 Å². The largest absolute Gasteiger partial charge is 0.462 e. The van der Waals surface area contributed by atoms with Crippen LogP contribution in [0.15, 0.2) is 54.6 Å². The van der Waals surface area contributed by atoms with Gasteiger partial charge in [0.1, 0.15) is 0 Å². The number of piperazine rings is 1. The van der Waals surface area contributed by atoms with Crippen LogP contribution < -0.4 is 4.90 Å². The topological polar surface area (TPSA) is 32.8 Å². The van der Waals surface area contributed by atoms with Crippen molar-refractivity contribution in [2.45, 2.75) is 44.6 Å². The third-order valence-corrected chi connectivity index (χ3v) is 6.54. The molecule has 2 aliphatic rings. The van der Waals surface area contributed by atoms with E-state index in [9.17, 15) is 4.79 Å². The summed E-state index contributed by atoms with van der Waals surface area (Å²) >= 11 is 0. The highest BCUT2D eigenvalue weighted by molar-refractivity contribution is 5.89. The summed E-state index contributed by atoms with van der Waals surface area (Å²) in [5.41, 5.74) is 3.34. The molecule has 1 heterocycles. The van der Waals surface area contributed by atoms with Gasteiger partial charge in [-0.1, -0.05) is 30.3 Å². The zero-order valence-electron chi connectivity index (χ0n) is 17.4. The highest BCUT2D eigenvalue weighted by Gasteiger charge is 2.28. The molecule has 4 heteroatoms. The number of hydrogen-bond acceptors (Lipinski definition) is 4. The lowest BCUT2D eigenvalue weighted by atomic mass is 9.81. The lowest BCUT2D eigenvalue weighted by Crippen LogP contribution is -2.51. The van der Waals surface area contributed by atoms with Gasteiger partial charge in [-0.3, -0.25) is 4.90 Å². The summed E-state index contributed by atoms with van der Waals surface area (Å²) in [5, 5.41) is 0. The Kier molecular flexibility index (Phi) is 6.50. The maximum Gasteiger partial charge on any atom is 0.338 e. The van der Waals surface area contributed by atoms with Crippen molar-refractivity contribution in [2.75, 3.05) is 37.7 Å². The number of carbonyl (C=O) groups is 1. The number of rotatable bonds is 5. The lowest BCUT2D eigenvalue weighted by molar-refractivity contribution is 0.0526. The number of nitrogens with zero attached hydrogens (tertiary/aromatic N) is 2. The minimum Gasteiger partial charge on any atom is -0.462 e. The molecule has 0 unspecified atom stereocenters. The van der Waals surface area contributed by atoms with E-state index in [1.165, 1.54) is 36.9 Å². The third kappa shape index (κ3) is 4.81. The minimum absolute atomic E-state index is 0.241. The van der Waals surface area contributed by atoms with Crippen molar-refractivity contribution in [2.24, 2.45) is 0 Å². The van der Waals surface area contributed by atoms with Crippen molar-refractivity contribution < 1.29 is 9.53 Å². The Bertz CT molecular complexity index is 774. The summed E-state index contributed by atoms with van der Waals surface area (Å²) in [6, 6.07) is 19.6. The zero-order valence-corrected chi connectivity index (χ0v) is 17.4. The van der Waals surface area contributed by atoms with E-state index in [2.05, 4.69) is 40.1 Å². The molecule has 0 bridgehead atoms. The Labute approximate surface area is 174 Å². The van der Waals surface area contributed by atoms with E-state index in [0.29, 0.717) is 12.2 Å². The fourth-order valence-corrected chi connectivity index (χ4v) is 4.87. The van der Waals surface area contributed by atoms with Gasteiger partial charge in [0.2, 0.25) is 0 Å². The second kappa shape index (κ2) is 9.45. The Morgan fingerprint density at radius 3 is 2.17 bits per heavy atom. The first-order valence-corrected chi connectivity index (χ1v) is 11.1. The monoisotopic (exact) mass is 392 g/mol. The molecule has 0 N–H and O–H groups in total. The third-order valence-electron chi connectivity index (χ3n) is 6.54. The van der Waals surface area contributed by atoms with Crippen molar-refractivity contribution in [1.82, 2.24) is 4.90 Å². The number of carbonyl (C=O) groups excluding carboxylic acids is 1. The number of esters is 1. The summed E-state index contributed by atoms with van der Waals surface area (Å²) < 4.78 is 5.07. The van der Waals surface area contributed by atoms with Crippen molar-refractivity contribution >= 4 is 11.7 Å². The average Bonchev–Trinajstić information content (AvgIpc) is 2.80. The molecule has 2 fully saturated rings. The molecule has 154 valence electrons. The van der Waals surface area contributed by atoms with Gasteiger partial charge in [-0.05, 0) is 68.4 Å². The van der Waals surface area contributed by atoms with E-state index in [-0.39, 0.29) is 5.97 Å². The first kappa shape index (κ1) is 20.0. The van der Waals surface area contributed by atoms with Crippen LogP contribution in [0.25, 0.3) is 0 Å². The standard InChI is InChI=1S/C25H32N2O2/c1-2-29-25(28)22-10-14-24(15-11-22)27-18-16-26(17-19-27)23-12-8-21(9-13-23)20-6-4-3-5-7-20/h3-7,10-11,14-15,21,23H,2,8-9,12-13,16-19H2,1H3. The van der Waals surface area contributed by atoms with Gasteiger partial charge < -0.3 is 9.64 Å². The van der Waals surface area contributed by atoms with Crippen LogP contribution in [-0.2, 0) is 4.74 Å². The second-order valence-electron chi connectivity index (χ2n) is 8.21. The Hall–Kier alpha value is -2.33. The van der Waals surface area contributed by atoms with Crippen LogP contribution in [0, 0.1) is 0 Å². The first-order valence-electron chi connectivity index (χ1n) is 11.1. The lowest BCUT2D eigenvalue weighted by Gasteiger charge is -2.42. The summed E-state index contributed by atoms with van der Waals surface area (Å²) in [5.74, 6) is 0.502. The fraction of sp³-hybridized carbons (Fsp3) is 0.480. The van der Waals surface area contributed by atoms with E-state index >= 15 is 0 Å². The summed E-state index contributed by atoms with van der Waals surface area (Å²) in [4.78, 5) is 17.0. The molecule has 1 saturated carbocycles. The predicted octanol–water partition coefficient (Wildman–Crippen LogP) is 4.71. The molecule has 2 aromatic carbocycles. The Morgan fingerprint density at radius 1 is 0.897 bits per heavy atom. The zero-order chi connectivity index (χ0) is 20.1. The maximum absolute atomic E-state index is 11.8. The van der Waals surface area contributed by atoms with Gasteiger partial charge in [-0.25, -0.2) is 4.79 Å². The van der Waals surface area contributed by atoms with Crippen LogP contribution in [-0.4, -0.2) is 49.7 Å². The number of anilines is 1. The molecule has 29 heavy (non-hydrogen) atoms. The van der Waals surface area contributed by atoms with E-state index in [1.54, 1.807) is 0 Å². The second-order valence-corrected chi connectivity index (χ2v) is 8.21. The van der Waals surface area contributed by atoms with Crippen LogP contribution in [0.4, 0.5) is 5.69 Å². The Balaban J connectivity index is 1.26. The molecule has 0 radical (unpaired) electrons. The van der Waals surface area contributed by atoms with Gasteiger partial charge >= 0.3 is 5.97 Å². The van der Waals surface area contributed by atoms with E-state index in [1.807, 2.05) is 31.2 Å². The summed E-state index contributed by atoms with van der Waals surface area (Å²) in [6.07, 6.45) is 5.25. The number of hydrogen-bond donors (Lipinski definition) is 0. The average molecular weight is 393 g/mol. The summed E-state index contributed by atoms with van der Waals surface area (Å²) in [7, 11) is 0. The smallest absolute Gasteiger partial charge is 0.338 e. The van der Waals surface area contributed by atoms with Gasteiger partial charge in [0.15, 0.2) is 0 Å². The van der Waals surface area contributed by atoms with E-state index in [4.69, 9.17) is 4.74 Å². The van der Waals surface area contributed by atoms with Gasteiger partial charge in [-0.2, -0.15) is 0 Å². The molecular formula is C25H32N2O2. The van der Waals surface area contributed by atoms with Crippen LogP contribution >= 0.6 is 0 Å². The van der Waals surface area contributed by atoms with Gasteiger partial charge in [-0.15, -0.1) is 0 Å². The molecule has 0 atom stereocenters. The summed E-state index contributed by atoms with van der Waals surface area (Å²) in [6.45, 7) is 6.60. The van der Waals surface area contributed by atoms with Crippen molar-refractivity contribution in [1.29, 1.82) is 0 Å². The van der Waals surface area contributed by atoms with Crippen molar-refractivity contribution in [3.05, 3.63) is 65.7 Å².